The Balaban J connectivity index is 1.95. The quantitative estimate of drug-likeness (QED) is 0.850. The van der Waals surface area contributed by atoms with E-state index in [0.717, 1.165) is 10.5 Å². The fourth-order valence-electron chi connectivity index (χ4n) is 2.01. The first-order chi connectivity index (χ1) is 9.20. The zero-order chi connectivity index (χ0) is 13.7. The van der Waals surface area contributed by atoms with Crippen LogP contribution < -0.4 is 0 Å². The van der Waals surface area contributed by atoms with Crippen LogP contribution in [0.2, 0.25) is 0 Å². The summed E-state index contributed by atoms with van der Waals surface area (Å²) in [5.41, 5.74) is 0.871. The smallest absolute Gasteiger partial charge is 0.235 e. The first-order valence-electron chi connectivity index (χ1n) is 6.43. The van der Waals surface area contributed by atoms with Crippen LogP contribution in [0.25, 0.3) is 0 Å². The minimum absolute atomic E-state index is 0.0280. The van der Waals surface area contributed by atoms with Gasteiger partial charge in [-0.25, -0.2) is 0 Å². The van der Waals surface area contributed by atoms with Crippen molar-refractivity contribution in [3.8, 4) is 0 Å². The number of ether oxygens (including phenoxy) is 1. The molecular formula is C14H19NO3S. The molecule has 5 heteroatoms. The molecule has 1 saturated heterocycles. The third-order valence-electron chi connectivity index (χ3n) is 3.06. The lowest BCUT2D eigenvalue weighted by Crippen LogP contribution is -2.44. The van der Waals surface area contributed by atoms with Gasteiger partial charge in [0.15, 0.2) is 0 Å². The first kappa shape index (κ1) is 14.4. The molecular weight excluding hydrogens is 262 g/mol. The molecule has 1 N–H and O–H groups in total. The van der Waals surface area contributed by atoms with Crippen molar-refractivity contribution in [3.05, 3.63) is 29.8 Å². The number of rotatable bonds is 4. The van der Waals surface area contributed by atoms with Crippen LogP contribution in [-0.4, -0.2) is 47.5 Å². The van der Waals surface area contributed by atoms with E-state index in [1.807, 2.05) is 36.1 Å². The molecule has 0 saturated carbocycles. The molecule has 1 aliphatic rings. The van der Waals surface area contributed by atoms with Gasteiger partial charge < -0.3 is 14.7 Å². The second-order valence-corrected chi connectivity index (χ2v) is 5.92. The highest BCUT2D eigenvalue weighted by atomic mass is 32.2. The monoisotopic (exact) mass is 281 g/mol. The summed E-state index contributed by atoms with van der Waals surface area (Å²) in [5, 5.41) is 8.99. The van der Waals surface area contributed by atoms with Crippen LogP contribution in [0.4, 0.5) is 0 Å². The number of nitrogens with zero attached hydrogens (tertiary/aromatic N) is 1. The minimum Gasteiger partial charge on any atom is -0.392 e. The van der Waals surface area contributed by atoms with Crippen molar-refractivity contribution >= 4 is 17.7 Å². The summed E-state index contributed by atoms with van der Waals surface area (Å²) in [5.74, 6) is 0.155. The molecule has 1 aromatic rings. The van der Waals surface area contributed by atoms with Gasteiger partial charge in [-0.05, 0) is 24.6 Å². The average Bonchev–Trinajstić information content (AvgIpc) is 2.47. The van der Waals surface area contributed by atoms with Gasteiger partial charge in [-0.1, -0.05) is 12.1 Å². The van der Waals surface area contributed by atoms with Gasteiger partial charge in [-0.2, -0.15) is 0 Å². The molecule has 0 spiro atoms. The Morgan fingerprint density at radius 1 is 1.47 bits per heavy atom. The molecule has 104 valence electrons. The van der Waals surface area contributed by atoms with E-state index in [1.165, 1.54) is 11.8 Å². The average molecular weight is 281 g/mol. The Labute approximate surface area is 117 Å². The summed E-state index contributed by atoms with van der Waals surface area (Å²) in [6, 6.07) is 7.67. The second-order valence-electron chi connectivity index (χ2n) is 4.50. The molecule has 19 heavy (non-hydrogen) atoms. The molecule has 0 aromatic heterocycles. The summed E-state index contributed by atoms with van der Waals surface area (Å²) in [6.45, 7) is 4.57. The number of morpholine rings is 1. The highest BCUT2D eigenvalue weighted by Crippen LogP contribution is 2.25. The predicted octanol–water partition coefficient (Wildman–Crippen LogP) is 1.52. The number of aliphatic hydroxyl groups is 1. The van der Waals surface area contributed by atoms with E-state index in [1.54, 1.807) is 0 Å². The Morgan fingerprint density at radius 2 is 2.21 bits per heavy atom. The summed E-state index contributed by atoms with van der Waals surface area (Å²) < 4.78 is 5.25. The Morgan fingerprint density at radius 3 is 2.89 bits per heavy atom. The molecule has 0 aliphatic carbocycles. The highest BCUT2D eigenvalue weighted by Gasteiger charge is 2.23. The van der Waals surface area contributed by atoms with Crippen LogP contribution in [0.3, 0.4) is 0 Å². The van der Waals surface area contributed by atoms with Gasteiger partial charge in [0.1, 0.15) is 0 Å². The van der Waals surface area contributed by atoms with Crippen molar-refractivity contribution in [1.82, 2.24) is 4.90 Å². The van der Waals surface area contributed by atoms with Crippen molar-refractivity contribution in [2.45, 2.75) is 23.7 Å². The van der Waals surface area contributed by atoms with Gasteiger partial charge in [-0.15, -0.1) is 11.8 Å². The third-order valence-corrected chi connectivity index (χ3v) is 4.15. The molecule has 2 rings (SSSR count). The van der Waals surface area contributed by atoms with Crippen molar-refractivity contribution in [2.75, 3.05) is 26.3 Å². The van der Waals surface area contributed by atoms with E-state index in [4.69, 9.17) is 9.84 Å². The van der Waals surface area contributed by atoms with Gasteiger partial charge in [0.05, 0.1) is 25.1 Å². The fourth-order valence-corrected chi connectivity index (χ4v) is 3.05. The number of aliphatic hydroxyl groups excluding tert-OH is 1. The highest BCUT2D eigenvalue weighted by molar-refractivity contribution is 8.00. The Kier molecular flexibility index (Phi) is 5.24. The van der Waals surface area contributed by atoms with Gasteiger partial charge in [0.25, 0.3) is 0 Å². The molecule has 0 radical (unpaired) electrons. The van der Waals surface area contributed by atoms with E-state index in [-0.39, 0.29) is 17.8 Å². The van der Waals surface area contributed by atoms with E-state index in [2.05, 4.69) is 0 Å². The number of carbonyl (C=O) groups is 1. The number of hydrogen-bond donors (Lipinski definition) is 1. The number of hydrogen-bond acceptors (Lipinski definition) is 4. The van der Waals surface area contributed by atoms with Crippen molar-refractivity contribution in [2.24, 2.45) is 0 Å². The maximum atomic E-state index is 12.3. The molecule has 1 fully saturated rings. The third kappa shape index (κ3) is 3.96. The Bertz CT molecular complexity index is 432. The van der Waals surface area contributed by atoms with Crippen LogP contribution in [0.5, 0.6) is 0 Å². The Hall–Kier alpha value is -1.04. The van der Waals surface area contributed by atoms with Crippen molar-refractivity contribution in [1.29, 1.82) is 0 Å². The van der Waals surface area contributed by atoms with Gasteiger partial charge >= 0.3 is 0 Å². The molecule has 1 heterocycles. The molecule has 0 bridgehead atoms. The SMILES string of the molecule is CC(Sc1cccc(CO)c1)C(=O)N1CCOCC1. The van der Waals surface area contributed by atoms with Crippen molar-refractivity contribution < 1.29 is 14.6 Å². The van der Waals surface area contributed by atoms with Crippen LogP contribution >= 0.6 is 11.8 Å². The molecule has 1 unspecified atom stereocenters. The standard InChI is InChI=1S/C14H19NO3S/c1-11(14(17)15-5-7-18-8-6-15)19-13-4-2-3-12(9-13)10-16/h2-4,9,11,16H,5-8,10H2,1H3. The van der Waals surface area contributed by atoms with Gasteiger partial charge in [-0.3, -0.25) is 4.79 Å². The molecule has 4 nitrogen and oxygen atoms in total. The zero-order valence-electron chi connectivity index (χ0n) is 11.0. The number of benzene rings is 1. The summed E-state index contributed by atoms with van der Waals surface area (Å²) in [4.78, 5) is 15.1. The zero-order valence-corrected chi connectivity index (χ0v) is 11.9. The topological polar surface area (TPSA) is 49.8 Å². The second kappa shape index (κ2) is 6.93. The van der Waals surface area contributed by atoms with Gasteiger partial charge in [0.2, 0.25) is 5.91 Å². The van der Waals surface area contributed by atoms with Crippen LogP contribution in [0.1, 0.15) is 12.5 Å². The van der Waals surface area contributed by atoms with E-state index >= 15 is 0 Å². The molecule has 1 aliphatic heterocycles. The predicted molar refractivity (Wildman–Crippen MR) is 75.1 cm³/mol. The summed E-state index contributed by atoms with van der Waals surface area (Å²) in [6.07, 6.45) is 0. The maximum Gasteiger partial charge on any atom is 0.235 e. The van der Waals surface area contributed by atoms with E-state index in [0.29, 0.717) is 26.3 Å². The van der Waals surface area contributed by atoms with Crippen LogP contribution in [0, 0.1) is 0 Å². The normalized spacial score (nSPS) is 17.3. The number of carbonyl (C=O) groups excluding carboxylic acids is 1. The molecule has 1 amide bonds. The summed E-state index contributed by atoms with van der Waals surface area (Å²) in [7, 11) is 0. The number of thioether (sulfide) groups is 1. The van der Waals surface area contributed by atoms with E-state index < -0.39 is 0 Å². The lowest BCUT2D eigenvalue weighted by atomic mass is 10.2. The lowest BCUT2D eigenvalue weighted by molar-refractivity contribution is -0.134. The summed E-state index contributed by atoms with van der Waals surface area (Å²) >= 11 is 1.53. The largest absolute Gasteiger partial charge is 0.392 e. The fraction of sp³-hybridized carbons (Fsp3) is 0.500. The lowest BCUT2D eigenvalue weighted by Gasteiger charge is -2.29. The van der Waals surface area contributed by atoms with E-state index in [9.17, 15) is 4.79 Å². The maximum absolute atomic E-state index is 12.3. The van der Waals surface area contributed by atoms with Gasteiger partial charge in [0, 0.05) is 18.0 Å². The first-order valence-corrected chi connectivity index (χ1v) is 7.31. The van der Waals surface area contributed by atoms with Crippen LogP contribution in [0.15, 0.2) is 29.2 Å². The van der Waals surface area contributed by atoms with Crippen molar-refractivity contribution in [3.63, 3.8) is 0 Å². The minimum atomic E-state index is -0.118. The number of amides is 1. The van der Waals surface area contributed by atoms with Crippen LogP contribution in [-0.2, 0) is 16.1 Å². The molecule has 1 aromatic carbocycles. The molecule has 1 atom stereocenters.